The van der Waals surface area contributed by atoms with Gasteiger partial charge in [0.15, 0.2) is 0 Å². The number of rotatable bonds is 6. The zero-order valence-corrected chi connectivity index (χ0v) is 16.5. The van der Waals surface area contributed by atoms with Crippen LogP contribution in [0.4, 0.5) is 0 Å². The van der Waals surface area contributed by atoms with Gasteiger partial charge in [-0.05, 0) is 46.7 Å². The highest BCUT2D eigenvalue weighted by Crippen LogP contribution is 2.32. The first-order chi connectivity index (χ1) is 13.0. The summed E-state index contributed by atoms with van der Waals surface area (Å²) in [6.45, 7) is 0.192. The number of aliphatic hydroxyl groups is 1. The number of aliphatic hydroxyl groups excluding tert-OH is 1. The molecular formula is C19H17ClN2O3S2. The first-order valence-corrected chi connectivity index (χ1v) is 10.3. The lowest BCUT2D eigenvalue weighted by Crippen LogP contribution is -2.41. The summed E-state index contributed by atoms with van der Waals surface area (Å²) < 4.78 is 0. The molecule has 140 valence electrons. The Bertz CT molecular complexity index is 907. The van der Waals surface area contributed by atoms with Crippen LogP contribution in [0.15, 0.2) is 53.2 Å². The monoisotopic (exact) mass is 420 g/mol. The highest BCUT2D eigenvalue weighted by molar-refractivity contribution is 7.16. The van der Waals surface area contributed by atoms with Crippen LogP contribution in [0.25, 0.3) is 10.4 Å². The van der Waals surface area contributed by atoms with Crippen LogP contribution >= 0.6 is 34.3 Å². The molecule has 2 amide bonds. The van der Waals surface area contributed by atoms with Gasteiger partial charge in [-0.15, -0.1) is 11.3 Å². The minimum atomic E-state index is -0.865. The summed E-state index contributed by atoms with van der Waals surface area (Å²) in [5, 5.41) is 19.9. The molecule has 0 fully saturated rings. The second-order valence-electron chi connectivity index (χ2n) is 5.75. The molecule has 0 spiro atoms. The van der Waals surface area contributed by atoms with Crippen molar-refractivity contribution in [2.24, 2.45) is 0 Å². The third-order valence-electron chi connectivity index (χ3n) is 3.79. The number of carbonyl (C=O) groups excluding carboxylic acids is 2. The van der Waals surface area contributed by atoms with Crippen LogP contribution in [-0.2, 0) is 16.1 Å². The Labute approximate surface area is 169 Å². The molecule has 0 radical (unpaired) electrons. The van der Waals surface area contributed by atoms with Crippen LogP contribution in [0.1, 0.15) is 16.5 Å². The summed E-state index contributed by atoms with van der Waals surface area (Å²) in [5.41, 5.74) is 1.94. The second-order valence-corrected chi connectivity index (χ2v) is 8.08. The van der Waals surface area contributed by atoms with E-state index >= 15 is 0 Å². The van der Waals surface area contributed by atoms with Crippen molar-refractivity contribution in [2.75, 3.05) is 6.54 Å². The predicted molar refractivity (Wildman–Crippen MR) is 109 cm³/mol. The zero-order valence-electron chi connectivity index (χ0n) is 14.1. The van der Waals surface area contributed by atoms with Gasteiger partial charge in [0.1, 0.15) is 6.10 Å². The molecular weight excluding hydrogens is 404 g/mol. The van der Waals surface area contributed by atoms with Crippen molar-refractivity contribution in [3.63, 3.8) is 0 Å². The molecule has 3 rings (SSSR count). The van der Waals surface area contributed by atoms with E-state index in [1.165, 1.54) is 11.3 Å². The minimum absolute atomic E-state index is 0.0310. The molecule has 2 aromatic heterocycles. The van der Waals surface area contributed by atoms with Crippen LogP contribution in [0, 0.1) is 0 Å². The summed E-state index contributed by atoms with van der Waals surface area (Å²) >= 11 is 8.87. The quantitative estimate of drug-likeness (QED) is 0.533. The second kappa shape index (κ2) is 9.14. The normalized spacial score (nSPS) is 11.8. The maximum Gasteiger partial charge on any atom is 0.309 e. The van der Waals surface area contributed by atoms with E-state index in [4.69, 9.17) is 11.6 Å². The summed E-state index contributed by atoms with van der Waals surface area (Å²) in [4.78, 5) is 25.5. The summed E-state index contributed by atoms with van der Waals surface area (Å²) in [6.07, 6.45) is -0.865. The SMILES string of the molecule is O=C(NCc1ccc(Cl)cc1)C(=O)NCC(O)c1ccc(-c2ccsc2)s1. The Kier molecular flexibility index (Phi) is 6.63. The van der Waals surface area contributed by atoms with Gasteiger partial charge >= 0.3 is 11.8 Å². The van der Waals surface area contributed by atoms with E-state index in [0.29, 0.717) is 5.02 Å². The smallest absolute Gasteiger partial charge is 0.309 e. The molecule has 0 aliphatic heterocycles. The van der Waals surface area contributed by atoms with E-state index < -0.39 is 17.9 Å². The van der Waals surface area contributed by atoms with Crippen molar-refractivity contribution < 1.29 is 14.7 Å². The predicted octanol–water partition coefficient (Wildman–Crippen LogP) is 3.60. The van der Waals surface area contributed by atoms with Crippen LogP contribution < -0.4 is 10.6 Å². The van der Waals surface area contributed by atoms with Crippen LogP contribution in [0.3, 0.4) is 0 Å². The molecule has 1 aromatic carbocycles. The van der Waals surface area contributed by atoms with E-state index in [0.717, 1.165) is 20.9 Å². The lowest BCUT2D eigenvalue weighted by molar-refractivity contribution is -0.139. The lowest BCUT2D eigenvalue weighted by atomic mass is 10.2. The van der Waals surface area contributed by atoms with Gasteiger partial charge < -0.3 is 15.7 Å². The fourth-order valence-corrected chi connectivity index (χ4v) is 4.17. The number of halogens is 1. The number of nitrogens with one attached hydrogen (secondary N) is 2. The number of thiophene rings is 2. The van der Waals surface area contributed by atoms with E-state index in [2.05, 4.69) is 10.6 Å². The molecule has 1 unspecified atom stereocenters. The highest BCUT2D eigenvalue weighted by atomic mass is 35.5. The number of carbonyl (C=O) groups is 2. The average molecular weight is 421 g/mol. The largest absolute Gasteiger partial charge is 0.386 e. The van der Waals surface area contributed by atoms with E-state index in [1.54, 1.807) is 35.6 Å². The molecule has 1 atom stereocenters. The maximum atomic E-state index is 11.9. The van der Waals surface area contributed by atoms with Gasteiger partial charge in [0, 0.05) is 33.4 Å². The van der Waals surface area contributed by atoms with E-state index in [-0.39, 0.29) is 13.1 Å². The first-order valence-electron chi connectivity index (χ1n) is 8.14. The molecule has 3 N–H and O–H groups in total. The zero-order chi connectivity index (χ0) is 19.2. The molecule has 8 heteroatoms. The van der Waals surface area contributed by atoms with Crippen LogP contribution in [0.5, 0.6) is 0 Å². The molecule has 0 aliphatic rings. The third kappa shape index (κ3) is 5.40. The van der Waals surface area contributed by atoms with Crippen molar-refractivity contribution >= 4 is 46.1 Å². The van der Waals surface area contributed by atoms with Gasteiger partial charge in [-0.1, -0.05) is 23.7 Å². The topological polar surface area (TPSA) is 78.4 Å². The number of hydrogen-bond donors (Lipinski definition) is 3. The van der Waals surface area contributed by atoms with E-state index in [9.17, 15) is 14.7 Å². The van der Waals surface area contributed by atoms with Crippen LogP contribution in [0.2, 0.25) is 5.02 Å². The molecule has 27 heavy (non-hydrogen) atoms. The van der Waals surface area contributed by atoms with Gasteiger partial charge in [0.25, 0.3) is 0 Å². The fraction of sp³-hybridized carbons (Fsp3) is 0.158. The third-order valence-corrected chi connectivity index (χ3v) is 5.96. The molecule has 0 saturated carbocycles. The molecule has 0 bridgehead atoms. The number of benzene rings is 1. The Hall–Kier alpha value is -2.19. The Morgan fingerprint density at radius 2 is 1.78 bits per heavy atom. The lowest BCUT2D eigenvalue weighted by Gasteiger charge is -2.10. The highest BCUT2D eigenvalue weighted by Gasteiger charge is 2.17. The molecule has 0 saturated heterocycles. The van der Waals surface area contributed by atoms with Crippen molar-refractivity contribution in [1.82, 2.24) is 10.6 Å². The van der Waals surface area contributed by atoms with Crippen molar-refractivity contribution in [3.05, 3.63) is 68.7 Å². The number of hydrogen-bond acceptors (Lipinski definition) is 5. The summed E-state index contributed by atoms with van der Waals surface area (Å²) in [6, 6.07) is 12.7. The maximum absolute atomic E-state index is 11.9. The summed E-state index contributed by atoms with van der Waals surface area (Å²) in [7, 11) is 0. The number of amides is 2. The Morgan fingerprint density at radius 1 is 1.04 bits per heavy atom. The molecule has 0 aliphatic carbocycles. The minimum Gasteiger partial charge on any atom is -0.386 e. The molecule has 2 heterocycles. The van der Waals surface area contributed by atoms with Gasteiger partial charge in [0.2, 0.25) is 0 Å². The Morgan fingerprint density at radius 3 is 2.48 bits per heavy atom. The average Bonchev–Trinajstić information content (AvgIpc) is 3.36. The van der Waals surface area contributed by atoms with Crippen molar-refractivity contribution in [2.45, 2.75) is 12.6 Å². The van der Waals surface area contributed by atoms with Gasteiger partial charge in [-0.3, -0.25) is 9.59 Å². The fourth-order valence-electron chi connectivity index (χ4n) is 2.33. The van der Waals surface area contributed by atoms with Crippen molar-refractivity contribution in [3.8, 4) is 10.4 Å². The van der Waals surface area contributed by atoms with Gasteiger partial charge in [-0.25, -0.2) is 0 Å². The van der Waals surface area contributed by atoms with Gasteiger partial charge in [-0.2, -0.15) is 11.3 Å². The standard InChI is InChI=1S/C19H17ClN2O3S2/c20-14-3-1-12(2-4-14)9-21-18(24)19(25)22-10-15(23)17-6-5-16(27-17)13-7-8-26-11-13/h1-8,11,15,23H,9-10H2,(H,21,24)(H,22,25). The van der Waals surface area contributed by atoms with Gasteiger partial charge in [0.05, 0.1) is 0 Å². The first kappa shape index (κ1) is 19.6. The molecule has 3 aromatic rings. The summed E-state index contributed by atoms with van der Waals surface area (Å²) in [5.74, 6) is -1.53. The molecule has 5 nitrogen and oxygen atoms in total. The van der Waals surface area contributed by atoms with Crippen molar-refractivity contribution in [1.29, 1.82) is 0 Å². The van der Waals surface area contributed by atoms with E-state index in [1.807, 2.05) is 29.0 Å². The van der Waals surface area contributed by atoms with Crippen LogP contribution in [-0.4, -0.2) is 23.5 Å². The Balaban J connectivity index is 1.46.